The van der Waals surface area contributed by atoms with Gasteiger partial charge in [0.05, 0.1) is 18.6 Å². The molecule has 0 radical (unpaired) electrons. The van der Waals surface area contributed by atoms with Crippen LogP contribution in [0.3, 0.4) is 0 Å². The van der Waals surface area contributed by atoms with Crippen molar-refractivity contribution in [3.8, 4) is 5.75 Å². The fourth-order valence-electron chi connectivity index (χ4n) is 1.98. The second kappa shape index (κ2) is 6.45. The summed E-state index contributed by atoms with van der Waals surface area (Å²) in [4.78, 5) is 0. The molecule has 1 aliphatic carbocycles. The highest BCUT2D eigenvalue weighted by Crippen LogP contribution is 2.26. The first-order valence-corrected chi connectivity index (χ1v) is 8.54. The molecule has 5 nitrogen and oxygen atoms in total. The van der Waals surface area contributed by atoms with E-state index in [4.69, 9.17) is 4.74 Å². The molecule has 0 aromatic heterocycles. The summed E-state index contributed by atoms with van der Waals surface area (Å²) in [6.07, 6.45) is 3.04. The number of rotatable bonds is 8. The zero-order chi connectivity index (χ0) is 14.6. The molecule has 1 fully saturated rings. The van der Waals surface area contributed by atoms with E-state index in [1.54, 1.807) is 12.1 Å². The van der Waals surface area contributed by atoms with Gasteiger partial charge >= 0.3 is 0 Å². The molecule has 112 valence electrons. The molecule has 1 aromatic rings. The van der Waals surface area contributed by atoms with Crippen molar-refractivity contribution in [2.75, 3.05) is 24.1 Å². The molecule has 0 spiro atoms. The number of methoxy groups -OCH3 is 1. The van der Waals surface area contributed by atoms with Crippen LogP contribution < -0.4 is 14.8 Å². The van der Waals surface area contributed by atoms with Gasteiger partial charge < -0.3 is 10.1 Å². The third-order valence-electron chi connectivity index (χ3n) is 3.22. The summed E-state index contributed by atoms with van der Waals surface area (Å²) in [5.74, 6) is 0.652. The van der Waals surface area contributed by atoms with Gasteiger partial charge in [-0.05, 0) is 50.4 Å². The number of hydrogen-bond acceptors (Lipinski definition) is 4. The van der Waals surface area contributed by atoms with Crippen molar-refractivity contribution in [2.24, 2.45) is 0 Å². The first-order valence-electron chi connectivity index (χ1n) is 6.89. The quantitative estimate of drug-likeness (QED) is 0.719. The van der Waals surface area contributed by atoms with Crippen LogP contribution in [0.15, 0.2) is 18.2 Å². The van der Waals surface area contributed by atoms with Crippen molar-refractivity contribution in [3.63, 3.8) is 0 Å². The third-order valence-corrected chi connectivity index (χ3v) is 4.58. The van der Waals surface area contributed by atoms with Crippen LogP contribution in [0.1, 0.15) is 24.8 Å². The van der Waals surface area contributed by atoms with Crippen LogP contribution in [0.4, 0.5) is 5.69 Å². The number of anilines is 1. The highest BCUT2D eigenvalue weighted by atomic mass is 32.2. The van der Waals surface area contributed by atoms with Gasteiger partial charge in [0.2, 0.25) is 10.0 Å². The molecule has 0 heterocycles. The van der Waals surface area contributed by atoms with Crippen molar-refractivity contribution in [1.82, 2.24) is 5.32 Å². The fourth-order valence-corrected chi connectivity index (χ4v) is 3.10. The SMILES string of the molecule is COc1ccc(C)cc1NS(=O)(=O)CCCNC1CC1. The molecule has 0 bridgehead atoms. The monoisotopic (exact) mass is 298 g/mol. The van der Waals surface area contributed by atoms with E-state index >= 15 is 0 Å². The lowest BCUT2D eigenvalue weighted by Gasteiger charge is -2.12. The van der Waals surface area contributed by atoms with Gasteiger partial charge in [-0.2, -0.15) is 0 Å². The van der Waals surface area contributed by atoms with Crippen molar-refractivity contribution in [3.05, 3.63) is 23.8 Å². The number of aryl methyl sites for hydroxylation is 1. The predicted octanol–water partition coefficient (Wildman–Crippen LogP) is 1.89. The maximum atomic E-state index is 12.0. The number of sulfonamides is 1. The molecule has 20 heavy (non-hydrogen) atoms. The molecule has 0 unspecified atom stereocenters. The molecule has 2 rings (SSSR count). The van der Waals surface area contributed by atoms with Gasteiger partial charge in [0.1, 0.15) is 5.75 Å². The van der Waals surface area contributed by atoms with Crippen LogP contribution in [0.2, 0.25) is 0 Å². The Balaban J connectivity index is 1.90. The molecule has 2 N–H and O–H groups in total. The summed E-state index contributed by atoms with van der Waals surface area (Å²) in [7, 11) is -1.80. The topological polar surface area (TPSA) is 67.4 Å². The minimum atomic E-state index is -3.33. The average molecular weight is 298 g/mol. The average Bonchev–Trinajstić information content (AvgIpc) is 3.18. The van der Waals surface area contributed by atoms with Crippen LogP contribution in [-0.2, 0) is 10.0 Å². The maximum Gasteiger partial charge on any atom is 0.232 e. The van der Waals surface area contributed by atoms with Gasteiger partial charge in [0, 0.05) is 6.04 Å². The second-order valence-corrected chi connectivity index (χ2v) is 7.05. The molecule has 0 amide bonds. The van der Waals surface area contributed by atoms with Gasteiger partial charge in [-0.1, -0.05) is 6.07 Å². The van der Waals surface area contributed by atoms with Crippen molar-refractivity contribution in [1.29, 1.82) is 0 Å². The van der Waals surface area contributed by atoms with E-state index in [1.807, 2.05) is 13.0 Å². The van der Waals surface area contributed by atoms with Crippen LogP contribution in [0.5, 0.6) is 5.75 Å². The van der Waals surface area contributed by atoms with Crippen LogP contribution in [-0.4, -0.2) is 33.9 Å². The Kier molecular flexibility index (Phi) is 4.88. The Morgan fingerprint density at radius 1 is 1.35 bits per heavy atom. The predicted molar refractivity (Wildman–Crippen MR) is 80.8 cm³/mol. The van der Waals surface area contributed by atoms with Gasteiger partial charge in [0.15, 0.2) is 0 Å². The van der Waals surface area contributed by atoms with E-state index in [1.165, 1.54) is 20.0 Å². The lowest BCUT2D eigenvalue weighted by molar-refractivity contribution is 0.417. The van der Waals surface area contributed by atoms with Gasteiger partial charge in [-0.15, -0.1) is 0 Å². The molecule has 0 aliphatic heterocycles. The molecule has 1 aliphatic rings. The van der Waals surface area contributed by atoms with Gasteiger partial charge in [-0.25, -0.2) is 8.42 Å². The second-order valence-electron chi connectivity index (χ2n) is 5.21. The Hall–Kier alpha value is -1.27. The molecular weight excluding hydrogens is 276 g/mol. The molecular formula is C14H22N2O3S. The normalized spacial score (nSPS) is 15.1. The zero-order valence-corrected chi connectivity index (χ0v) is 12.8. The van der Waals surface area contributed by atoms with Crippen molar-refractivity contribution in [2.45, 2.75) is 32.2 Å². The summed E-state index contributed by atoms with van der Waals surface area (Å²) >= 11 is 0. The summed E-state index contributed by atoms with van der Waals surface area (Å²) in [6.45, 7) is 2.66. The molecule has 0 saturated heterocycles. The zero-order valence-electron chi connectivity index (χ0n) is 12.0. The van der Waals surface area contributed by atoms with Crippen LogP contribution >= 0.6 is 0 Å². The van der Waals surface area contributed by atoms with E-state index < -0.39 is 10.0 Å². The van der Waals surface area contributed by atoms with Crippen molar-refractivity contribution >= 4 is 15.7 Å². The minimum absolute atomic E-state index is 0.115. The molecule has 1 aromatic carbocycles. The summed E-state index contributed by atoms with van der Waals surface area (Å²) in [5, 5.41) is 3.31. The maximum absolute atomic E-state index is 12.0. The summed E-state index contributed by atoms with van der Waals surface area (Å²) < 4.78 is 31.9. The first-order chi connectivity index (χ1) is 9.50. The van der Waals surface area contributed by atoms with E-state index in [9.17, 15) is 8.42 Å². The number of hydrogen-bond donors (Lipinski definition) is 2. The summed E-state index contributed by atoms with van der Waals surface area (Å²) in [5.41, 5.74) is 1.49. The third kappa shape index (κ3) is 4.68. The van der Waals surface area contributed by atoms with E-state index in [-0.39, 0.29) is 5.75 Å². The van der Waals surface area contributed by atoms with Gasteiger partial charge in [0.25, 0.3) is 0 Å². The highest BCUT2D eigenvalue weighted by molar-refractivity contribution is 7.92. The van der Waals surface area contributed by atoms with Crippen molar-refractivity contribution < 1.29 is 13.2 Å². The molecule has 0 atom stereocenters. The standard InChI is InChI=1S/C14H22N2O3S/c1-11-4-7-14(19-2)13(10-11)16-20(17,18)9-3-8-15-12-5-6-12/h4,7,10,12,15-16H,3,5-6,8-9H2,1-2H3. The number of nitrogens with one attached hydrogen (secondary N) is 2. The Bertz CT molecular complexity index is 554. The Labute approximate surface area is 120 Å². The number of ether oxygens (including phenoxy) is 1. The van der Waals surface area contributed by atoms with Crippen LogP contribution in [0.25, 0.3) is 0 Å². The van der Waals surface area contributed by atoms with E-state index in [2.05, 4.69) is 10.0 Å². The Morgan fingerprint density at radius 3 is 2.75 bits per heavy atom. The number of benzene rings is 1. The molecule has 6 heteroatoms. The fraction of sp³-hybridized carbons (Fsp3) is 0.571. The smallest absolute Gasteiger partial charge is 0.232 e. The highest BCUT2D eigenvalue weighted by Gasteiger charge is 2.20. The lowest BCUT2D eigenvalue weighted by Crippen LogP contribution is -2.23. The minimum Gasteiger partial charge on any atom is -0.495 e. The largest absolute Gasteiger partial charge is 0.495 e. The molecule has 1 saturated carbocycles. The first kappa shape index (κ1) is 15.1. The van der Waals surface area contributed by atoms with E-state index in [0.717, 1.165) is 12.1 Å². The summed E-state index contributed by atoms with van der Waals surface area (Å²) in [6, 6.07) is 6.04. The van der Waals surface area contributed by atoms with E-state index in [0.29, 0.717) is 23.9 Å². The van der Waals surface area contributed by atoms with Gasteiger partial charge in [-0.3, -0.25) is 4.72 Å². The van der Waals surface area contributed by atoms with Crippen LogP contribution in [0, 0.1) is 6.92 Å². The lowest BCUT2D eigenvalue weighted by atomic mass is 10.2. The Morgan fingerprint density at radius 2 is 2.10 bits per heavy atom.